The van der Waals surface area contributed by atoms with Crippen LogP contribution in [0.3, 0.4) is 0 Å². The fraction of sp³-hybridized carbons (Fsp3) is 0.167. The number of Topliss-reactive ketones (excluding diaryl/α,β-unsaturated/α-hetero) is 1. The Hall–Kier alpha value is -3.40. The van der Waals surface area contributed by atoms with E-state index in [1.54, 1.807) is 18.2 Å². The highest BCUT2D eigenvalue weighted by Crippen LogP contribution is 2.32. The van der Waals surface area contributed by atoms with E-state index in [1.807, 2.05) is 60.7 Å². The van der Waals surface area contributed by atoms with Gasteiger partial charge >= 0.3 is 0 Å². The molecular weight excluding hydrogens is 352 g/mol. The van der Waals surface area contributed by atoms with E-state index in [2.05, 4.69) is 0 Å². The number of carbonyl (C=O) groups is 2. The molecule has 0 aliphatic carbocycles. The van der Waals surface area contributed by atoms with Crippen molar-refractivity contribution in [3.05, 3.63) is 95.6 Å². The third kappa shape index (κ3) is 5.07. The number of carbonyl (C=O) groups excluding carboxylic acids is 2. The lowest BCUT2D eigenvalue weighted by Gasteiger charge is -2.16. The zero-order valence-electron chi connectivity index (χ0n) is 15.7. The molecule has 142 valence electrons. The van der Waals surface area contributed by atoms with Gasteiger partial charge in [0, 0.05) is 0 Å². The molecule has 0 saturated heterocycles. The summed E-state index contributed by atoms with van der Waals surface area (Å²) in [6.07, 6.45) is 0.656. The second-order valence-electron chi connectivity index (χ2n) is 6.48. The number of ether oxygens (including phenoxy) is 2. The molecule has 0 aliphatic heterocycles. The molecule has 3 aromatic carbocycles. The fourth-order valence-electron chi connectivity index (χ4n) is 2.83. The van der Waals surface area contributed by atoms with Gasteiger partial charge in [-0.15, -0.1) is 0 Å². The highest BCUT2D eigenvalue weighted by Gasteiger charge is 2.18. The SMILES string of the molecule is CC(=O)C(C=O)c1ccc(OCc2ccccc2)c(OCc2ccccc2)c1. The van der Waals surface area contributed by atoms with Crippen LogP contribution in [0.4, 0.5) is 0 Å². The van der Waals surface area contributed by atoms with Gasteiger partial charge < -0.3 is 14.3 Å². The van der Waals surface area contributed by atoms with Gasteiger partial charge in [-0.05, 0) is 35.7 Å². The van der Waals surface area contributed by atoms with Crippen LogP contribution in [0.15, 0.2) is 78.9 Å². The molecule has 3 aromatic rings. The Labute approximate surface area is 164 Å². The summed E-state index contributed by atoms with van der Waals surface area (Å²) in [5.74, 6) is 0.0614. The molecule has 4 nitrogen and oxygen atoms in total. The Kier molecular flexibility index (Phi) is 6.58. The van der Waals surface area contributed by atoms with Crippen molar-refractivity contribution in [1.82, 2.24) is 0 Å². The first-order chi connectivity index (χ1) is 13.7. The topological polar surface area (TPSA) is 52.6 Å². The van der Waals surface area contributed by atoms with E-state index in [0.717, 1.165) is 11.1 Å². The minimum Gasteiger partial charge on any atom is -0.485 e. The van der Waals surface area contributed by atoms with E-state index in [4.69, 9.17) is 9.47 Å². The van der Waals surface area contributed by atoms with Crippen LogP contribution in [0.25, 0.3) is 0 Å². The van der Waals surface area contributed by atoms with E-state index >= 15 is 0 Å². The summed E-state index contributed by atoms with van der Waals surface area (Å²) >= 11 is 0. The summed E-state index contributed by atoms with van der Waals surface area (Å²) in [6.45, 7) is 2.16. The van der Waals surface area contributed by atoms with Crippen LogP contribution < -0.4 is 9.47 Å². The standard InChI is InChI=1S/C24H22O4/c1-18(26)22(15-25)21-12-13-23(27-16-19-8-4-2-5-9-19)24(14-21)28-17-20-10-6-3-7-11-20/h2-15,22H,16-17H2,1H3. The Morgan fingerprint density at radius 1 is 0.821 bits per heavy atom. The first-order valence-electron chi connectivity index (χ1n) is 9.10. The Morgan fingerprint density at radius 2 is 1.36 bits per heavy atom. The molecule has 1 atom stereocenters. The van der Waals surface area contributed by atoms with Gasteiger partial charge in [0.25, 0.3) is 0 Å². The first-order valence-corrected chi connectivity index (χ1v) is 9.10. The molecule has 3 rings (SSSR count). The van der Waals surface area contributed by atoms with Crippen molar-refractivity contribution in [3.8, 4) is 11.5 Å². The van der Waals surface area contributed by atoms with Crippen molar-refractivity contribution < 1.29 is 19.1 Å². The maximum absolute atomic E-state index is 11.8. The maximum atomic E-state index is 11.8. The van der Waals surface area contributed by atoms with Crippen LogP contribution in [0.5, 0.6) is 11.5 Å². The third-order valence-corrected chi connectivity index (χ3v) is 4.38. The van der Waals surface area contributed by atoms with Gasteiger partial charge in [0.2, 0.25) is 0 Å². The van der Waals surface area contributed by atoms with Crippen LogP contribution in [0.1, 0.15) is 29.5 Å². The second kappa shape index (κ2) is 9.51. The quantitative estimate of drug-likeness (QED) is 0.402. The van der Waals surface area contributed by atoms with Crippen molar-refractivity contribution in [3.63, 3.8) is 0 Å². The molecule has 0 amide bonds. The Balaban J connectivity index is 1.83. The molecule has 0 aliphatic rings. The van der Waals surface area contributed by atoms with Crippen molar-refractivity contribution in [2.24, 2.45) is 0 Å². The van der Waals surface area contributed by atoms with Gasteiger partial charge in [0.1, 0.15) is 25.3 Å². The van der Waals surface area contributed by atoms with Crippen molar-refractivity contribution in [2.75, 3.05) is 0 Å². The van der Waals surface area contributed by atoms with E-state index in [1.165, 1.54) is 6.92 Å². The number of rotatable bonds is 9. The molecule has 28 heavy (non-hydrogen) atoms. The summed E-state index contributed by atoms with van der Waals surface area (Å²) in [5, 5.41) is 0. The minimum absolute atomic E-state index is 0.207. The van der Waals surface area contributed by atoms with Gasteiger partial charge in [-0.2, -0.15) is 0 Å². The fourth-order valence-corrected chi connectivity index (χ4v) is 2.83. The molecule has 0 spiro atoms. The Bertz CT molecular complexity index is 920. The van der Waals surface area contributed by atoms with Crippen molar-refractivity contribution in [2.45, 2.75) is 26.1 Å². The summed E-state index contributed by atoms with van der Waals surface area (Å²) in [6, 6.07) is 24.8. The van der Waals surface area contributed by atoms with E-state index in [9.17, 15) is 9.59 Å². The first kappa shape index (κ1) is 19.4. The molecule has 1 unspecified atom stereocenters. The predicted molar refractivity (Wildman–Crippen MR) is 107 cm³/mol. The van der Waals surface area contributed by atoms with Crippen molar-refractivity contribution in [1.29, 1.82) is 0 Å². The molecule has 0 heterocycles. The lowest BCUT2D eigenvalue weighted by Crippen LogP contribution is -2.10. The second-order valence-corrected chi connectivity index (χ2v) is 6.48. The summed E-state index contributed by atoms with van der Waals surface area (Å²) in [5.41, 5.74) is 2.65. The lowest BCUT2D eigenvalue weighted by molar-refractivity contribution is -0.122. The summed E-state index contributed by atoms with van der Waals surface area (Å²) in [7, 11) is 0. The number of hydrogen-bond acceptors (Lipinski definition) is 4. The van der Waals surface area contributed by atoms with Crippen LogP contribution in [0.2, 0.25) is 0 Å². The van der Waals surface area contributed by atoms with Gasteiger partial charge in [-0.3, -0.25) is 4.79 Å². The predicted octanol–water partition coefficient (Wildman–Crippen LogP) is 4.72. The van der Waals surface area contributed by atoms with Gasteiger partial charge in [-0.25, -0.2) is 0 Å². The zero-order valence-corrected chi connectivity index (χ0v) is 15.7. The van der Waals surface area contributed by atoms with Gasteiger partial charge in [0.15, 0.2) is 11.5 Å². The third-order valence-electron chi connectivity index (χ3n) is 4.38. The number of ketones is 1. The van der Waals surface area contributed by atoms with E-state index in [-0.39, 0.29) is 5.78 Å². The highest BCUT2D eigenvalue weighted by atomic mass is 16.5. The lowest BCUT2D eigenvalue weighted by atomic mass is 9.96. The van der Waals surface area contributed by atoms with Crippen LogP contribution in [0, 0.1) is 0 Å². The molecule has 4 heteroatoms. The normalized spacial score (nSPS) is 11.5. The molecule has 0 N–H and O–H groups in total. The van der Waals surface area contributed by atoms with Crippen molar-refractivity contribution >= 4 is 12.1 Å². The van der Waals surface area contributed by atoms with E-state index in [0.29, 0.717) is 36.6 Å². The molecule has 0 bridgehead atoms. The average Bonchev–Trinajstić information content (AvgIpc) is 2.73. The average molecular weight is 374 g/mol. The maximum Gasteiger partial charge on any atom is 0.162 e. The zero-order chi connectivity index (χ0) is 19.8. The van der Waals surface area contributed by atoms with Crippen LogP contribution in [-0.2, 0) is 22.8 Å². The summed E-state index contributed by atoms with van der Waals surface area (Å²) < 4.78 is 11.9. The smallest absolute Gasteiger partial charge is 0.162 e. The number of aldehydes is 1. The van der Waals surface area contributed by atoms with E-state index < -0.39 is 5.92 Å². The largest absolute Gasteiger partial charge is 0.485 e. The monoisotopic (exact) mass is 374 g/mol. The molecular formula is C24H22O4. The van der Waals surface area contributed by atoms with Crippen LogP contribution >= 0.6 is 0 Å². The van der Waals surface area contributed by atoms with Crippen LogP contribution in [-0.4, -0.2) is 12.1 Å². The van der Waals surface area contributed by atoms with Gasteiger partial charge in [0.05, 0.1) is 5.92 Å². The number of benzene rings is 3. The minimum atomic E-state index is -0.803. The molecule has 0 radical (unpaired) electrons. The summed E-state index contributed by atoms with van der Waals surface area (Å²) in [4.78, 5) is 23.1. The Morgan fingerprint density at radius 3 is 1.86 bits per heavy atom. The highest BCUT2D eigenvalue weighted by molar-refractivity contribution is 5.97. The molecule has 0 aromatic heterocycles. The van der Waals surface area contributed by atoms with Gasteiger partial charge in [-0.1, -0.05) is 66.7 Å². The molecule has 0 saturated carbocycles. The molecule has 0 fully saturated rings. The number of hydrogen-bond donors (Lipinski definition) is 0.